The number of nitrogens with one attached hydrogen (secondary N) is 2. The van der Waals surface area contributed by atoms with E-state index in [2.05, 4.69) is 85.9 Å². The summed E-state index contributed by atoms with van der Waals surface area (Å²) in [6.45, 7) is 8.63. The van der Waals surface area contributed by atoms with Gasteiger partial charge >= 0.3 is 0 Å². The summed E-state index contributed by atoms with van der Waals surface area (Å²) in [6, 6.07) is 15.0. The van der Waals surface area contributed by atoms with E-state index in [0.717, 1.165) is 49.8 Å². The van der Waals surface area contributed by atoms with Crippen molar-refractivity contribution in [2.24, 2.45) is 4.99 Å². The van der Waals surface area contributed by atoms with Crippen LogP contribution >= 0.6 is 24.0 Å². The predicted octanol–water partition coefficient (Wildman–Crippen LogP) is 4.49. The molecule has 0 spiro atoms. The normalized spacial score (nSPS) is 15.9. The topological polar surface area (TPSA) is 58.1 Å². The van der Waals surface area contributed by atoms with E-state index < -0.39 is 0 Å². The molecule has 1 atom stereocenters. The number of aryl methyl sites for hydroxylation is 1. The second-order valence-corrected chi connectivity index (χ2v) is 8.66. The maximum Gasteiger partial charge on any atom is 0.191 e. The number of rotatable bonds is 10. The first-order valence-corrected chi connectivity index (χ1v) is 11.6. The molecule has 0 saturated carbocycles. The summed E-state index contributed by atoms with van der Waals surface area (Å²) in [4.78, 5) is 6.97. The summed E-state index contributed by atoms with van der Waals surface area (Å²) in [5, 5.41) is 6.81. The largest absolute Gasteiger partial charge is 0.491 e. The quantitative estimate of drug-likeness (QED) is 0.252. The Hall–Kier alpha value is -1.84. The third kappa shape index (κ3) is 9.51. The molecule has 0 bridgehead atoms. The van der Waals surface area contributed by atoms with E-state index in [4.69, 9.17) is 14.5 Å². The van der Waals surface area contributed by atoms with Crippen LogP contribution in [-0.4, -0.2) is 50.8 Å². The lowest BCUT2D eigenvalue weighted by molar-refractivity contribution is 0.0676. The molecule has 2 aromatic carbocycles. The standard InChI is InChI=1S/C26H38N4O2.HI/c1-5-27-26(28-16-21-8-6-9-22(15-21)18-30(3)4)29-17-23-12-11-20(2)14-25(23)32-19-24-10-7-13-31-24;/h6,8-9,11-12,14-15,24H,5,7,10,13,16-19H2,1-4H3,(H2,27,28,29);1H. The van der Waals surface area contributed by atoms with Gasteiger partial charge in [-0.3, -0.25) is 0 Å². The first-order chi connectivity index (χ1) is 15.5. The van der Waals surface area contributed by atoms with Gasteiger partial charge in [-0.15, -0.1) is 24.0 Å². The van der Waals surface area contributed by atoms with E-state index in [1.165, 1.54) is 16.7 Å². The highest BCUT2D eigenvalue weighted by atomic mass is 127. The van der Waals surface area contributed by atoms with Crippen LogP contribution in [0.3, 0.4) is 0 Å². The average Bonchev–Trinajstić information content (AvgIpc) is 3.28. The van der Waals surface area contributed by atoms with E-state index in [0.29, 0.717) is 19.7 Å². The minimum atomic E-state index is 0. The summed E-state index contributed by atoms with van der Waals surface area (Å²) < 4.78 is 11.8. The predicted molar refractivity (Wildman–Crippen MR) is 147 cm³/mol. The van der Waals surface area contributed by atoms with Crippen molar-refractivity contribution < 1.29 is 9.47 Å². The Labute approximate surface area is 216 Å². The monoisotopic (exact) mass is 566 g/mol. The fraction of sp³-hybridized carbons (Fsp3) is 0.500. The van der Waals surface area contributed by atoms with Crippen molar-refractivity contribution in [3.63, 3.8) is 0 Å². The molecule has 0 radical (unpaired) electrons. The molecule has 182 valence electrons. The number of benzene rings is 2. The van der Waals surface area contributed by atoms with Crippen molar-refractivity contribution in [2.45, 2.75) is 52.4 Å². The molecular formula is C26H39IN4O2. The molecule has 7 heteroatoms. The Morgan fingerprint density at radius 3 is 2.70 bits per heavy atom. The van der Waals surface area contributed by atoms with Crippen LogP contribution in [0.15, 0.2) is 47.5 Å². The van der Waals surface area contributed by atoms with Gasteiger partial charge in [0.05, 0.1) is 12.6 Å². The number of halogens is 1. The summed E-state index contributed by atoms with van der Waals surface area (Å²) in [7, 11) is 4.17. The Morgan fingerprint density at radius 1 is 1.15 bits per heavy atom. The van der Waals surface area contributed by atoms with Crippen LogP contribution < -0.4 is 15.4 Å². The van der Waals surface area contributed by atoms with Crippen molar-refractivity contribution in [3.05, 3.63) is 64.7 Å². The van der Waals surface area contributed by atoms with Crippen molar-refractivity contribution in [1.29, 1.82) is 0 Å². The molecule has 0 amide bonds. The van der Waals surface area contributed by atoms with Gasteiger partial charge in [0, 0.05) is 31.8 Å². The summed E-state index contributed by atoms with van der Waals surface area (Å²) in [5.41, 5.74) is 4.81. The Bertz CT molecular complexity index is 882. The zero-order valence-corrected chi connectivity index (χ0v) is 22.7. The van der Waals surface area contributed by atoms with Gasteiger partial charge in [-0.05, 0) is 63.5 Å². The van der Waals surface area contributed by atoms with E-state index in [-0.39, 0.29) is 30.1 Å². The van der Waals surface area contributed by atoms with Crippen LogP contribution in [0.25, 0.3) is 0 Å². The van der Waals surface area contributed by atoms with E-state index in [1.54, 1.807) is 0 Å². The molecule has 0 aromatic heterocycles. The second kappa shape index (κ2) is 14.4. The molecule has 1 heterocycles. The molecule has 1 saturated heterocycles. The Balaban J connectivity index is 0.00000385. The van der Waals surface area contributed by atoms with Crippen LogP contribution in [0.2, 0.25) is 0 Å². The molecule has 2 N–H and O–H groups in total. The lowest BCUT2D eigenvalue weighted by Crippen LogP contribution is -2.37. The molecule has 1 fully saturated rings. The third-order valence-electron chi connectivity index (χ3n) is 5.37. The summed E-state index contributed by atoms with van der Waals surface area (Å²) >= 11 is 0. The molecule has 1 aliphatic rings. The van der Waals surface area contributed by atoms with Gasteiger partial charge in [-0.1, -0.05) is 36.4 Å². The minimum Gasteiger partial charge on any atom is -0.491 e. The van der Waals surface area contributed by atoms with Crippen molar-refractivity contribution in [1.82, 2.24) is 15.5 Å². The lowest BCUT2D eigenvalue weighted by atomic mass is 10.1. The first-order valence-electron chi connectivity index (χ1n) is 11.6. The number of guanidine groups is 1. The molecule has 6 nitrogen and oxygen atoms in total. The molecule has 0 aliphatic carbocycles. The van der Waals surface area contributed by atoms with Gasteiger partial charge in [0.15, 0.2) is 5.96 Å². The van der Waals surface area contributed by atoms with Crippen LogP contribution in [0.4, 0.5) is 0 Å². The van der Waals surface area contributed by atoms with Gasteiger partial charge in [0.2, 0.25) is 0 Å². The van der Waals surface area contributed by atoms with E-state index in [9.17, 15) is 0 Å². The van der Waals surface area contributed by atoms with Gasteiger partial charge in [0.1, 0.15) is 12.4 Å². The van der Waals surface area contributed by atoms with Crippen molar-refractivity contribution in [2.75, 3.05) is 33.9 Å². The maximum atomic E-state index is 6.14. The summed E-state index contributed by atoms with van der Waals surface area (Å²) in [5.74, 6) is 1.72. The van der Waals surface area contributed by atoms with Crippen LogP contribution in [-0.2, 0) is 24.4 Å². The smallest absolute Gasteiger partial charge is 0.191 e. The number of hydrogen-bond donors (Lipinski definition) is 2. The van der Waals surface area contributed by atoms with Crippen molar-refractivity contribution in [3.8, 4) is 5.75 Å². The highest BCUT2D eigenvalue weighted by Gasteiger charge is 2.17. The molecule has 1 aliphatic heterocycles. The van der Waals surface area contributed by atoms with Crippen LogP contribution in [0, 0.1) is 6.92 Å². The molecule has 2 aromatic rings. The van der Waals surface area contributed by atoms with Gasteiger partial charge < -0.3 is 25.0 Å². The number of aliphatic imine (C=N–C) groups is 1. The SMILES string of the molecule is CCNC(=NCc1cccc(CN(C)C)c1)NCc1ccc(C)cc1OCC1CCCO1.I. The highest BCUT2D eigenvalue weighted by Crippen LogP contribution is 2.22. The molecule has 3 rings (SSSR count). The fourth-order valence-electron chi connectivity index (χ4n) is 3.78. The third-order valence-corrected chi connectivity index (χ3v) is 5.37. The van der Waals surface area contributed by atoms with Gasteiger partial charge in [-0.2, -0.15) is 0 Å². The van der Waals surface area contributed by atoms with Gasteiger partial charge in [0.25, 0.3) is 0 Å². The molecule has 33 heavy (non-hydrogen) atoms. The number of hydrogen-bond acceptors (Lipinski definition) is 4. The lowest BCUT2D eigenvalue weighted by Gasteiger charge is -2.17. The second-order valence-electron chi connectivity index (χ2n) is 8.66. The molecule has 1 unspecified atom stereocenters. The van der Waals surface area contributed by atoms with Crippen molar-refractivity contribution >= 4 is 29.9 Å². The Morgan fingerprint density at radius 2 is 1.97 bits per heavy atom. The first kappa shape index (κ1) is 27.4. The van der Waals surface area contributed by atoms with Gasteiger partial charge in [-0.25, -0.2) is 4.99 Å². The fourth-order valence-corrected chi connectivity index (χ4v) is 3.78. The Kier molecular flexibility index (Phi) is 12.0. The zero-order valence-electron chi connectivity index (χ0n) is 20.4. The minimum absolute atomic E-state index is 0. The van der Waals surface area contributed by atoms with Crippen LogP contribution in [0.5, 0.6) is 5.75 Å². The maximum absolute atomic E-state index is 6.14. The van der Waals surface area contributed by atoms with E-state index >= 15 is 0 Å². The summed E-state index contributed by atoms with van der Waals surface area (Å²) in [6.07, 6.45) is 2.40. The van der Waals surface area contributed by atoms with E-state index in [1.807, 2.05) is 0 Å². The average molecular weight is 567 g/mol. The zero-order chi connectivity index (χ0) is 22.8. The van der Waals surface area contributed by atoms with Crippen LogP contribution in [0.1, 0.15) is 42.0 Å². The number of ether oxygens (including phenoxy) is 2. The highest BCUT2D eigenvalue weighted by molar-refractivity contribution is 14.0. The molecular weight excluding hydrogens is 527 g/mol. The number of nitrogens with zero attached hydrogens (tertiary/aromatic N) is 2.